The van der Waals surface area contributed by atoms with Crippen LogP contribution in [-0.2, 0) is 13.2 Å². The summed E-state index contributed by atoms with van der Waals surface area (Å²) in [5.74, 6) is 1.33. The molecule has 0 fully saturated rings. The highest BCUT2D eigenvalue weighted by molar-refractivity contribution is 9.10. The maximum Gasteiger partial charge on any atom is 0.146 e. The first-order chi connectivity index (χ1) is 11.7. The van der Waals surface area contributed by atoms with Crippen LogP contribution in [0.1, 0.15) is 11.1 Å². The number of rotatable bonds is 6. The highest BCUT2D eigenvalue weighted by atomic mass is 79.9. The molecule has 0 aliphatic rings. The van der Waals surface area contributed by atoms with Gasteiger partial charge < -0.3 is 15.8 Å². The molecule has 3 aromatic rings. The van der Waals surface area contributed by atoms with E-state index in [-0.39, 0.29) is 0 Å². The molecule has 122 valence electrons. The van der Waals surface area contributed by atoms with E-state index in [1.54, 1.807) is 6.20 Å². The molecule has 2 aromatic carbocycles. The molecule has 3 rings (SSSR count). The van der Waals surface area contributed by atoms with Crippen molar-refractivity contribution in [1.82, 2.24) is 4.98 Å². The number of nitrogens with two attached hydrogens (primary N) is 1. The Morgan fingerprint density at radius 2 is 1.88 bits per heavy atom. The van der Waals surface area contributed by atoms with Crippen LogP contribution in [0.3, 0.4) is 0 Å². The predicted octanol–water partition coefficient (Wildman–Crippen LogP) is 4.62. The van der Waals surface area contributed by atoms with Crippen LogP contribution in [0.4, 0.5) is 11.5 Å². The van der Waals surface area contributed by atoms with Crippen LogP contribution in [0.5, 0.6) is 5.75 Å². The number of nitrogens with zero attached hydrogens (tertiary/aromatic N) is 1. The first-order valence-electron chi connectivity index (χ1n) is 7.62. The van der Waals surface area contributed by atoms with Crippen molar-refractivity contribution in [2.24, 2.45) is 0 Å². The van der Waals surface area contributed by atoms with Crippen LogP contribution in [-0.4, -0.2) is 4.98 Å². The molecular formula is C19H18BrN3O. The van der Waals surface area contributed by atoms with E-state index < -0.39 is 0 Å². The summed E-state index contributed by atoms with van der Waals surface area (Å²) in [4.78, 5) is 4.08. The Morgan fingerprint density at radius 1 is 1.04 bits per heavy atom. The van der Waals surface area contributed by atoms with Gasteiger partial charge >= 0.3 is 0 Å². The lowest BCUT2D eigenvalue weighted by molar-refractivity contribution is 0.303. The summed E-state index contributed by atoms with van der Waals surface area (Å²) in [5, 5.41) is 3.31. The number of pyridine rings is 1. The Labute approximate surface area is 149 Å². The molecule has 0 saturated heterocycles. The predicted molar refractivity (Wildman–Crippen MR) is 101 cm³/mol. The molecule has 1 heterocycles. The average molecular weight is 384 g/mol. The van der Waals surface area contributed by atoms with E-state index in [1.165, 1.54) is 0 Å². The summed E-state index contributed by atoms with van der Waals surface area (Å²) in [7, 11) is 0. The van der Waals surface area contributed by atoms with Crippen LogP contribution in [0, 0.1) is 0 Å². The van der Waals surface area contributed by atoms with Gasteiger partial charge in [-0.25, -0.2) is 4.98 Å². The maximum absolute atomic E-state index is 5.99. The summed E-state index contributed by atoms with van der Waals surface area (Å²) in [6.07, 6.45) is 1.67. The van der Waals surface area contributed by atoms with E-state index in [0.29, 0.717) is 19.0 Å². The molecule has 0 atom stereocenters. The van der Waals surface area contributed by atoms with Gasteiger partial charge in [0.2, 0.25) is 0 Å². The van der Waals surface area contributed by atoms with Gasteiger partial charge in [-0.15, -0.1) is 0 Å². The second kappa shape index (κ2) is 7.84. The zero-order valence-corrected chi connectivity index (χ0v) is 14.7. The molecule has 0 spiro atoms. The average Bonchev–Trinajstić information content (AvgIpc) is 2.61. The Balaban J connectivity index is 1.72. The summed E-state index contributed by atoms with van der Waals surface area (Å²) >= 11 is 3.51. The molecule has 1 aromatic heterocycles. The van der Waals surface area contributed by atoms with E-state index in [1.807, 2.05) is 60.7 Å². The third-order valence-corrected chi connectivity index (χ3v) is 4.06. The van der Waals surface area contributed by atoms with Gasteiger partial charge in [-0.3, -0.25) is 0 Å². The minimum Gasteiger partial charge on any atom is -0.489 e. The van der Waals surface area contributed by atoms with Crippen LogP contribution < -0.4 is 15.8 Å². The number of nitrogen functional groups attached to an aromatic ring is 1. The van der Waals surface area contributed by atoms with Crippen LogP contribution in [0.2, 0.25) is 0 Å². The minimum absolute atomic E-state index is 0.485. The first kappa shape index (κ1) is 16.3. The number of hydrogen-bond donors (Lipinski definition) is 2. The maximum atomic E-state index is 5.99. The highest BCUT2D eigenvalue weighted by Crippen LogP contribution is 2.26. The fraction of sp³-hybridized carbons (Fsp3) is 0.105. The van der Waals surface area contributed by atoms with Crippen molar-refractivity contribution >= 4 is 27.4 Å². The topological polar surface area (TPSA) is 60.2 Å². The van der Waals surface area contributed by atoms with Gasteiger partial charge in [0.05, 0.1) is 5.69 Å². The van der Waals surface area contributed by atoms with Crippen LogP contribution in [0.25, 0.3) is 0 Å². The standard InChI is InChI=1S/C19H18BrN3O/c20-16-8-9-18(24-13-14-5-2-1-3-6-14)15(11-16)12-23-17-7-4-10-22-19(17)21/h1-11,23H,12-13H2,(H2,21,22). The molecule has 0 unspecified atom stereocenters. The van der Waals surface area contributed by atoms with E-state index in [0.717, 1.165) is 27.0 Å². The third-order valence-electron chi connectivity index (χ3n) is 3.57. The normalized spacial score (nSPS) is 10.4. The molecule has 0 aliphatic heterocycles. The summed E-state index contributed by atoms with van der Waals surface area (Å²) in [5.41, 5.74) is 8.86. The highest BCUT2D eigenvalue weighted by Gasteiger charge is 2.07. The number of aromatic nitrogens is 1. The number of nitrogens with one attached hydrogen (secondary N) is 1. The smallest absolute Gasteiger partial charge is 0.146 e. The van der Waals surface area contributed by atoms with Crippen molar-refractivity contribution in [1.29, 1.82) is 0 Å². The molecular weight excluding hydrogens is 366 g/mol. The lowest BCUT2D eigenvalue weighted by Crippen LogP contribution is -2.06. The van der Waals surface area contributed by atoms with Gasteiger partial charge in [0.1, 0.15) is 18.2 Å². The summed E-state index contributed by atoms with van der Waals surface area (Å²) in [6.45, 7) is 1.13. The Hall–Kier alpha value is -2.53. The molecule has 0 radical (unpaired) electrons. The molecule has 0 amide bonds. The van der Waals surface area contributed by atoms with Crippen molar-refractivity contribution in [3.05, 3.63) is 82.5 Å². The largest absolute Gasteiger partial charge is 0.489 e. The zero-order valence-electron chi connectivity index (χ0n) is 13.1. The van der Waals surface area contributed by atoms with Crippen molar-refractivity contribution in [2.75, 3.05) is 11.1 Å². The van der Waals surface area contributed by atoms with E-state index in [2.05, 4.69) is 26.2 Å². The molecule has 5 heteroatoms. The van der Waals surface area contributed by atoms with Crippen molar-refractivity contribution in [3.8, 4) is 5.75 Å². The number of ether oxygens (including phenoxy) is 1. The van der Waals surface area contributed by atoms with Gasteiger partial charge in [-0.1, -0.05) is 46.3 Å². The second-order valence-electron chi connectivity index (χ2n) is 5.32. The van der Waals surface area contributed by atoms with Crippen molar-refractivity contribution in [2.45, 2.75) is 13.2 Å². The fourth-order valence-corrected chi connectivity index (χ4v) is 2.73. The van der Waals surface area contributed by atoms with E-state index >= 15 is 0 Å². The second-order valence-corrected chi connectivity index (χ2v) is 6.23. The Bertz CT molecular complexity index is 809. The number of halogens is 1. The van der Waals surface area contributed by atoms with Gasteiger partial charge in [-0.2, -0.15) is 0 Å². The minimum atomic E-state index is 0.485. The number of benzene rings is 2. The Kier molecular flexibility index (Phi) is 5.33. The van der Waals surface area contributed by atoms with Crippen LogP contribution in [0.15, 0.2) is 71.3 Å². The van der Waals surface area contributed by atoms with Gasteiger partial charge in [-0.05, 0) is 35.9 Å². The van der Waals surface area contributed by atoms with E-state index in [4.69, 9.17) is 10.5 Å². The number of anilines is 2. The molecule has 4 nitrogen and oxygen atoms in total. The fourth-order valence-electron chi connectivity index (χ4n) is 2.32. The monoisotopic (exact) mass is 383 g/mol. The SMILES string of the molecule is Nc1ncccc1NCc1cc(Br)ccc1OCc1ccccc1. The molecule has 3 N–H and O–H groups in total. The zero-order chi connectivity index (χ0) is 16.8. The van der Waals surface area contributed by atoms with Crippen molar-refractivity contribution in [3.63, 3.8) is 0 Å². The quantitative estimate of drug-likeness (QED) is 0.651. The van der Waals surface area contributed by atoms with Crippen molar-refractivity contribution < 1.29 is 4.74 Å². The van der Waals surface area contributed by atoms with Crippen LogP contribution >= 0.6 is 15.9 Å². The Morgan fingerprint density at radius 3 is 2.67 bits per heavy atom. The molecule has 0 bridgehead atoms. The lowest BCUT2D eigenvalue weighted by atomic mass is 10.2. The van der Waals surface area contributed by atoms with Gasteiger partial charge in [0, 0.05) is 22.8 Å². The third kappa shape index (κ3) is 4.26. The summed E-state index contributed by atoms with van der Waals surface area (Å²) < 4.78 is 6.99. The van der Waals surface area contributed by atoms with Gasteiger partial charge in [0.25, 0.3) is 0 Å². The number of hydrogen-bond acceptors (Lipinski definition) is 4. The molecule has 24 heavy (non-hydrogen) atoms. The first-order valence-corrected chi connectivity index (χ1v) is 8.41. The lowest BCUT2D eigenvalue weighted by Gasteiger charge is -2.14. The van der Waals surface area contributed by atoms with E-state index in [9.17, 15) is 0 Å². The molecule has 0 aliphatic carbocycles. The molecule has 0 saturated carbocycles. The van der Waals surface area contributed by atoms with Gasteiger partial charge in [0.15, 0.2) is 0 Å². The summed E-state index contributed by atoms with van der Waals surface area (Å²) in [6, 6.07) is 19.9.